The number of unbranched alkanes of at least 4 members (excludes halogenated alkanes) is 1. The summed E-state index contributed by atoms with van der Waals surface area (Å²) in [5.74, 6) is 0. The lowest BCUT2D eigenvalue weighted by molar-refractivity contribution is 0.795. The maximum atomic E-state index is 4.18. The van der Waals surface area contributed by atoms with Gasteiger partial charge in [0, 0.05) is 11.9 Å². The van der Waals surface area contributed by atoms with Crippen LogP contribution in [0.4, 0.5) is 5.69 Å². The van der Waals surface area contributed by atoms with Crippen molar-refractivity contribution in [1.29, 1.82) is 0 Å². The first-order valence-corrected chi connectivity index (χ1v) is 6.46. The third-order valence-electron chi connectivity index (χ3n) is 2.89. The highest BCUT2D eigenvalue weighted by atomic mass is 14.9. The molecule has 2 aromatic rings. The molecule has 1 aromatic heterocycles. The van der Waals surface area contributed by atoms with Crippen LogP contribution in [0.25, 0.3) is 0 Å². The van der Waals surface area contributed by atoms with Gasteiger partial charge in [-0.25, -0.2) is 9.97 Å². The van der Waals surface area contributed by atoms with Crippen LogP contribution in [0.3, 0.4) is 0 Å². The number of anilines is 1. The number of aryl methyl sites for hydroxylation is 1. The molecule has 0 saturated carbocycles. The molecule has 1 aromatic carbocycles. The highest BCUT2D eigenvalue weighted by molar-refractivity contribution is 5.44. The van der Waals surface area contributed by atoms with Crippen LogP contribution in [0.2, 0.25) is 0 Å². The van der Waals surface area contributed by atoms with Gasteiger partial charge in [0.05, 0.1) is 12.2 Å². The Balaban J connectivity index is 1.86. The Bertz CT molecular complexity index is 451. The first-order chi connectivity index (χ1) is 8.88. The molecule has 1 heterocycles. The predicted molar refractivity (Wildman–Crippen MR) is 74.4 cm³/mol. The number of hydrogen-bond acceptors (Lipinski definition) is 3. The minimum Gasteiger partial charge on any atom is -0.379 e. The van der Waals surface area contributed by atoms with Crippen LogP contribution >= 0.6 is 0 Å². The molecule has 3 heteroatoms. The van der Waals surface area contributed by atoms with E-state index in [-0.39, 0.29) is 0 Å². The maximum Gasteiger partial charge on any atom is 0.115 e. The van der Waals surface area contributed by atoms with Crippen LogP contribution in [0, 0.1) is 0 Å². The quantitative estimate of drug-likeness (QED) is 0.842. The normalized spacial score (nSPS) is 10.3. The number of rotatable bonds is 6. The van der Waals surface area contributed by atoms with E-state index in [9.17, 15) is 0 Å². The summed E-state index contributed by atoms with van der Waals surface area (Å²) < 4.78 is 0. The molecule has 0 aliphatic rings. The molecule has 0 amide bonds. The van der Waals surface area contributed by atoms with Gasteiger partial charge in [-0.1, -0.05) is 25.5 Å². The molecule has 18 heavy (non-hydrogen) atoms. The van der Waals surface area contributed by atoms with Crippen molar-refractivity contribution >= 4 is 5.69 Å². The van der Waals surface area contributed by atoms with E-state index in [1.54, 1.807) is 12.5 Å². The van der Waals surface area contributed by atoms with Crippen molar-refractivity contribution in [3.63, 3.8) is 0 Å². The van der Waals surface area contributed by atoms with Gasteiger partial charge in [0.2, 0.25) is 0 Å². The Morgan fingerprint density at radius 3 is 2.61 bits per heavy atom. The van der Waals surface area contributed by atoms with E-state index in [2.05, 4.69) is 46.5 Å². The fraction of sp³-hybridized carbons (Fsp3) is 0.333. The van der Waals surface area contributed by atoms with Crippen molar-refractivity contribution < 1.29 is 0 Å². The molecule has 0 bridgehead atoms. The summed E-state index contributed by atoms with van der Waals surface area (Å²) >= 11 is 0. The minimum atomic E-state index is 0.733. The number of aromatic nitrogens is 2. The Kier molecular flexibility index (Phi) is 4.70. The van der Waals surface area contributed by atoms with E-state index in [1.165, 1.54) is 24.8 Å². The van der Waals surface area contributed by atoms with E-state index in [0.717, 1.165) is 17.9 Å². The van der Waals surface area contributed by atoms with Gasteiger partial charge in [-0.2, -0.15) is 0 Å². The molecule has 0 aliphatic heterocycles. The second kappa shape index (κ2) is 6.74. The molecular formula is C15H19N3. The van der Waals surface area contributed by atoms with Gasteiger partial charge in [-0.15, -0.1) is 0 Å². The molecule has 1 N–H and O–H groups in total. The Hall–Kier alpha value is -1.90. The second-order valence-corrected chi connectivity index (χ2v) is 4.35. The molecule has 0 aliphatic carbocycles. The van der Waals surface area contributed by atoms with Crippen molar-refractivity contribution in [3.8, 4) is 0 Å². The summed E-state index contributed by atoms with van der Waals surface area (Å²) in [5, 5.41) is 3.35. The topological polar surface area (TPSA) is 37.8 Å². The fourth-order valence-corrected chi connectivity index (χ4v) is 1.79. The SMILES string of the molecule is CCCCc1ccc(NCc2ccncn2)cc1. The van der Waals surface area contributed by atoms with Crippen LogP contribution < -0.4 is 5.32 Å². The molecular weight excluding hydrogens is 222 g/mol. The van der Waals surface area contributed by atoms with Crippen LogP contribution in [-0.4, -0.2) is 9.97 Å². The third kappa shape index (κ3) is 3.84. The second-order valence-electron chi connectivity index (χ2n) is 4.35. The lowest BCUT2D eigenvalue weighted by Crippen LogP contribution is -2.01. The molecule has 0 radical (unpaired) electrons. The summed E-state index contributed by atoms with van der Waals surface area (Å²) in [7, 11) is 0. The van der Waals surface area contributed by atoms with E-state index < -0.39 is 0 Å². The highest BCUT2D eigenvalue weighted by Gasteiger charge is 1.96. The average molecular weight is 241 g/mol. The van der Waals surface area contributed by atoms with Gasteiger partial charge in [0.25, 0.3) is 0 Å². The van der Waals surface area contributed by atoms with Crippen LogP contribution in [0.5, 0.6) is 0 Å². The summed E-state index contributed by atoms with van der Waals surface area (Å²) in [6, 6.07) is 10.6. The average Bonchev–Trinajstić information content (AvgIpc) is 2.45. The predicted octanol–water partition coefficient (Wildman–Crippen LogP) is 3.43. The summed E-state index contributed by atoms with van der Waals surface area (Å²) in [6.07, 6.45) is 7.01. The van der Waals surface area contributed by atoms with Crippen molar-refractivity contribution in [3.05, 3.63) is 54.1 Å². The van der Waals surface area contributed by atoms with Gasteiger partial charge >= 0.3 is 0 Å². The smallest absolute Gasteiger partial charge is 0.115 e. The zero-order chi connectivity index (χ0) is 12.6. The molecule has 0 atom stereocenters. The van der Waals surface area contributed by atoms with E-state index in [1.807, 2.05) is 6.07 Å². The Morgan fingerprint density at radius 2 is 1.94 bits per heavy atom. The first kappa shape index (κ1) is 12.6. The maximum absolute atomic E-state index is 4.18. The minimum absolute atomic E-state index is 0.733. The fourth-order valence-electron chi connectivity index (χ4n) is 1.79. The van der Waals surface area contributed by atoms with E-state index in [0.29, 0.717) is 0 Å². The van der Waals surface area contributed by atoms with Crippen LogP contribution in [0.1, 0.15) is 31.0 Å². The zero-order valence-corrected chi connectivity index (χ0v) is 10.8. The molecule has 0 saturated heterocycles. The van der Waals surface area contributed by atoms with E-state index >= 15 is 0 Å². The van der Waals surface area contributed by atoms with Gasteiger partial charge < -0.3 is 5.32 Å². The first-order valence-electron chi connectivity index (χ1n) is 6.46. The molecule has 3 nitrogen and oxygen atoms in total. The number of nitrogens with one attached hydrogen (secondary N) is 1. The monoisotopic (exact) mass is 241 g/mol. The lowest BCUT2D eigenvalue weighted by Gasteiger charge is -2.07. The summed E-state index contributed by atoms with van der Waals surface area (Å²) in [5.41, 5.74) is 3.54. The van der Waals surface area contributed by atoms with Crippen LogP contribution in [0.15, 0.2) is 42.9 Å². The molecule has 94 valence electrons. The number of benzene rings is 1. The van der Waals surface area contributed by atoms with E-state index in [4.69, 9.17) is 0 Å². The number of nitrogens with zero attached hydrogens (tertiary/aromatic N) is 2. The van der Waals surface area contributed by atoms with Gasteiger partial charge in [-0.05, 0) is 36.6 Å². The third-order valence-corrected chi connectivity index (χ3v) is 2.89. The Morgan fingerprint density at radius 1 is 1.11 bits per heavy atom. The molecule has 2 rings (SSSR count). The van der Waals surface area contributed by atoms with Gasteiger partial charge in [0.1, 0.15) is 6.33 Å². The molecule has 0 spiro atoms. The van der Waals surface area contributed by atoms with Crippen molar-refractivity contribution in [2.75, 3.05) is 5.32 Å². The standard InChI is InChI=1S/C15H19N3/c1-2-3-4-13-5-7-14(8-6-13)17-11-15-9-10-16-12-18-15/h5-10,12,17H,2-4,11H2,1H3. The lowest BCUT2D eigenvalue weighted by atomic mass is 10.1. The van der Waals surface area contributed by atoms with Crippen molar-refractivity contribution in [1.82, 2.24) is 9.97 Å². The van der Waals surface area contributed by atoms with Gasteiger partial charge in [0.15, 0.2) is 0 Å². The summed E-state index contributed by atoms with van der Waals surface area (Å²) in [6.45, 7) is 2.95. The highest BCUT2D eigenvalue weighted by Crippen LogP contribution is 2.12. The zero-order valence-electron chi connectivity index (χ0n) is 10.8. The van der Waals surface area contributed by atoms with Gasteiger partial charge in [-0.3, -0.25) is 0 Å². The van der Waals surface area contributed by atoms with Crippen molar-refractivity contribution in [2.45, 2.75) is 32.7 Å². The van der Waals surface area contributed by atoms with Crippen molar-refractivity contribution in [2.24, 2.45) is 0 Å². The van der Waals surface area contributed by atoms with Crippen LogP contribution in [-0.2, 0) is 13.0 Å². The largest absolute Gasteiger partial charge is 0.379 e. The molecule has 0 unspecified atom stereocenters. The molecule has 0 fully saturated rings. The Labute approximate surface area is 108 Å². The summed E-state index contributed by atoms with van der Waals surface area (Å²) in [4.78, 5) is 8.08. The number of hydrogen-bond donors (Lipinski definition) is 1.